The minimum absolute atomic E-state index is 0.385. The van der Waals surface area contributed by atoms with E-state index >= 15 is 0 Å². The largest absolute Gasteiger partial charge is 0.471 e. The SMILES string of the molecule is CCc1c(-c2ccc(Cl)cc2)c(-c2ccc(Cl)cc2Cl)nc2c1C([O])CC(C)(C)O2. The van der Waals surface area contributed by atoms with Crippen molar-refractivity contribution < 1.29 is 9.84 Å². The monoisotopic (exact) mass is 460 g/mol. The molecule has 1 aliphatic heterocycles. The van der Waals surface area contributed by atoms with E-state index in [9.17, 15) is 5.11 Å². The molecule has 1 aliphatic rings. The van der Waals surface area contributed by atoms with Gasteiger partial charge in [0, 0.05) is 27.6 Å². The highest BCUT2D eigenvalue weighted by Crippen LogP contribution is 2.48. The summed E-state index contributed by atoms with van der Waals surface area (Å²) in [4.78, 5) is 4.84. The predicted octanol–water partition coefficient (Wildman–Crippen LogP) is 7.97. The highest BCUT2D eigenvalue weighted by molar-refractivity contribution is 6.36. The van der Waals surface area contributed by atoms with Crippen LogP contribution in [0, 0.1) is 0 Å². The predicted molar refractivity (Wildman–Crippen MR) is 122 cm³/mol. The maximum absolute atomic E-state index is 13.2. The molecule has 6 heteroatoms. The van der Waals surface area contributed by atoms with Crippen LogP contribution in [0.2, 0.25) is 15.1 Å². The lowest BCUT2D eigenvalue weighted by molar-refractivity contribution is -0.0247. The Morgan fingerprint density at radius 3 is 2.37 bits per heavy atom. The molecule has 1 aromatic heterocycles. The highest BCUT2D eigenvalue weighted by atomic mass is 35.5. The minimum atomic E-state index is -0.910. The molecule has 0 N–H and O–H groups in total. The van der Waals surface area contributed by atoms with Crippen molar-refractivity contribution in [1.29, 1.82) is 0 Å². The number of halogens is 3. The van der Waals surface area contributed by atoms with Gasteiger partial charge in [-0.05, 0) is 61.7 Å². The average molecular weight is 462 g/mol. The molecule has 4 rings (SSSR count). The van der Waals surface area contributed by atoms with Crippen LogP contribution in [0.25, 0.3) is 22.4 Å². The molecule has 0 fully saturated rings. The molecule has 1 atom stereocenters. The molecule has 0 saturated carbocycles. The molecule has 2 aromatic carbocycles. The molecular weight excluding hydrogens is 441 g/mol. The fourth-order valence-corrected chi connectivity index (χ4v) is 4.68. The normalized spacial score (nSPS) is 17.4. The molecular formula is C24H21Cl3NO2. The van der Waals surface area contributed by atoms with Crippen molar-refractivity contribution in [3.05, 3.63) is 68.7 Å². The number of hydrogen-bond donors (Lipinski definition) is 0. The van der Waals surface area contributed by atoms with E-state index in [1.165, 1.54) is 0 Å². The van der Waals surface area contributed by atoms with Gasteiger partial charge in [0.05, 0.1) is 16.3 Å². The van der Waals surface area contributed by atoms with Crippen molar-refractivity contribution in [2.24, 2.45) is 0 Å². The summed E-state index contributed by atoms with van der Waals surface area (Å²) in [5, 5.41) is 14.8. The van der Waals surface area contributed by atoms with Crippen LogP contribution in [0.5, 0.6) is 5.88 Å². The van der Waals surface area contributed by atoms with E-state index < -0.39 is 11.7 Å². The van der Waals surface area contributed by atoms with Crippen LogP contribution in [0.1, 0.15) is 44.4 Å². The van der Waals surface area contributed by atoms with Gasteiger partial charge in [-0.25, -0.2) is 10.1 Å². The highest BCUT2D eigenvalue weighted by Gasteiger charge is 2.38. The van der Waals surface area contributed by atoms with Gasteiger partial charge >= 0.3 is 0 Å². The Morgan fingerprint density at radius 2 is 1.73 bits per heavy atom. The minimum Gasteiger partial charge on any atom is -0.471 e. The summed E-state index contributed by atoms with van der Waals surface area (Å²) in [5.41, 5.74) is 4.18. The Morgan fingerprint density at radius 1 is 1.07 bits per heavy atom. The third-order valence-electron chi connectivity index (χ3n) is 5.35. The maximum atomic E-state index is 13.2. The van der Waals surface area contributed by atoms with Gasteiger partial charge in [-0.3, -0.25) is 0 Å². The lowest BCUT2D eigenvalue weighted by Crippen LogP contribution is -2.35. The summed E-state index contributed by atoms with van der Waals surface area (Å²) >= 11 is 18.8. The molecule has 0 bridgehead atoms. The van der Waals surface area contributed by atoms with E-state index in [1.54, 1.807) is 12.1 Å². The van der Waals surface area contributed by atoms with Crippen LogP contribution in [0.3, 0.4) is 0 Å². The Labute approximate surface area is 191 Å². The van der Waals surface area contributed by atoms with Crippen LogP contribution in [0.15, 0.2) is 42.5 Å². The van der Waals surface area contributed by atoms with Gasteiger partial charge in [0.15, 0.2) is 0 Å². The van der Waals surface area contributed by atoms with E-state index in [4.69, 9.17) is 44.5 Å². The number of pyridine rings is 1. The van der Waals surface area contributed by atoms with Crippen LogP contribution in [-0.2, 0) is 11.5 Å². The van der Waals surface area contributed by atoms with Crippen molar-refractivity contribution in [1.82, 2.24) is 4.98 Å². The zero-order valence-electron chi connectivity index (χ0n) is 16.9. The Kier molecular flexibility index (Phi) is 5.75. The third kappa shape index (κ3) is 3.92. The second-order valence-corrected chi connectivity index (χ2v) is 9.35. The second kappa shape index (κ2) is 8.05. The van der Waals surface area contributed by atoms with Gasteiger partial charge in [-0.2, -0.15) is 0 Å². The van der Waals surface area contributed by atoms with Gasteiger partial charge in [-0.1, -0.05) is 53.9 Å². The second-order valence-electron chi connectivity index (χ2n) is 8.07. The first-order valence-electron chi connectivity index (χ1n) is 9.83. The summed E-state index contributed by atoms with van der Waals surface area (Å²) in [6, 6.07) is 12.9. The molecule has 0 spiro atoms. The summed E-state index contributed by atoms with van der Waals surface area (Å²) in [6.07, 6.45) is 0.131. The van der Waals surface area contributed by atoms with Gasteiger partial charge in [0.25, 0.3) is 0 Å². The number of benzene rings is 2. The standard InChI is InChI=1S/C24H21Cl3NO2/c1-4-16-20(13-5-7-14(25)8-6-13)22(17-10-9-15(26)11-18(17)27)28-23-21(16)19(29)12-24(2,3)30-23/h5-11,19H,4,12H2,1-3H3. The quantitative estimate of drug-likeness (QED) is 0.397. The zero-order chi connectivity index (χ0) is 21.6. The fourth-order valence-electron chi connectivity index (χ4n) is 4.06. The topological polar surface area (TPSA) is 42.0 Å². The number of nitrogens with zero attached hydrogens (tertiary/aromatic N) is 1. The molecule has 0 aliphatic carbocycles. The van der Waals surface area contributed by atoms with Crippen molar-refractivity contribution in [2.45, 2.75) is 45.3 Å². The number of fused-ring (bicyclic) bond motifs is 1. The lowest BCUT2D eigenvalue weighted by atomic mass is 9.84. The molecule has 1 radical (unpaired) electrons. The molecule has 155 valence electrons. The first-order valence-corrected chi connectivity index (χ1v) is 11.0. The van der Waals surface area contributed by atoms with E-state index in [1.807, 2.05) is 51.1 Å². The van der Waals surface area contributed by atoms with Crippen molar-refractivity contribution in [2.75, 3.05) is 0 Å². The molecule has 3 aromatic rings. The molecule has 0 saturated heterocycles. The summed E-state index contributed by atoms with van der Waals surface area (Å²) < 4.78 is 6.17. The first-order chi connectivity index (χ1) is 14.2. The summed E-state index contributed by atoms with van der Waals surface area (Å²) in [6.45, 7) is 5.86. The van der Waals surface area contributed by atoms with Gasteiger partial charge < -0.3 is 4.74 Å². The van der Waals surface area contributed by atoms with Gasteiger partial charge in [0.2, 0.25) is 5.88 Å². The fraction of sp³-hybridized carbons (Fsp3) is 0.292. The molecule has 1 unspecified atom stereocenters. The lowest BCUT2D eigenvalue weighted by Gasteiger charge is -2.36. The van der Waals surface area contributed by atoms with E-state index in [0.29, 0.717) is 45.0 Å². The van der Waals surface area contributed by atoms with E-state index in [-0.39, 0.29) is 0 Å². The molecule has 30 heavy (non-hydrogen) atoms. The van der Waals surface area contributed by atoms with E-state index in [0.717, 1.165) is 22.3 Å². The van der Waals surface area contributed by atoms with Crippen LogP contribution < -0.4 is 4.74 Å². The van der Waals surface area contributed by atoms with Crippen molar-refractivity contribution in [3.8, 4) is 28.3 Å². The number of ether oxygens (including phenoxy) is 1. The zero-order valence-corrected chi connectivity index (χ0v) is 19.2. The van der Waals surface area contributed by atoms with E-state index in [2.05, 4.69) is 0 Å². The van der Waals surface area contributed by atoms with Crippen LogP contribution in [0.4, 0.5) is 0 Å². The third-order valence-corrected chi connectivity index (χ3v) is 6.15. The van der Waals surface area contributed by atoms with Crippen molar-refractivity contribution >= 4 is 34.8 Å². The van der Waals surface area contributed by atoms with Gasteiger partial charge in [0.1, 0.15) is 11.7 Å². The van der Waals surface area contributed by atoms with Crippen LogP contribution >= 0.6 is 34.8 Å². The maximum Gasteiger partial charge on any atom is 0.220 e. The smallest absolute Gasteiger partial charge is 0.220 e. The molecule has 2 heterocycles. The number of aromatic nitrogens is 1. The Balaban J connectivity index is 2.08. The van der Waals surface area contributed by atoms with Crippen LogP contribution in [-0.4, -0.2) is 10.6 Å². The van der Waals surface area contributed by atoms with Crippen molar-refractivity contribution in [3.63, 3.8) is 0 Å². The molecule has 3 nitrogen and oxygen atoms in total. The van der Waals surface area contributed by atoms with Gasteiger partial charge in [-0.15, -0.1) is 0 Å². The molecule has 0 amide bonds. The summed E-state index contributed by atoms with van der Waals surface area (Å²) in [5.74, 6) is 0.391. The number of hydrogen-bond acceptors (Lipinski definition) is 2. The first kappa shape index (κ1) is 21.5. The Hall–Kier alpha value is -1.78. The summed E-state index contributed by atoms with van der Waals surface area (Å²) in [7, 11) is 0. The Bertz CT molecular complexity index is 1110. The average Bonchev–Trinajstić information content (AvgIpc) is 2.66. The number of rotatable bonds is 3.